The van der Waals surface area contributed by atoms with Crippen molar-refractivity contribution in [1.29, 1.82) is 0 Å². The summed E-state index contributed by atoms with van der Waals surface area (Å²) in [5, 5.41) is 4.24. The first-order valence-corrected chi connectivity index (χ1v) is 9.18. The zero-order valence-corrected chi connectivity index (χ0v) is 15.0. The van der Waals surface area contributed by atoms with Crippen LogP contribution in [0.15, 0.2) is 60.7 Å². The number of amides is 1. The minimum Gasteiger partial charge on any atom is -0.339 e. The Labute approximate surface area is 153 Å². The Morgan fingerprint density at radius 2 is 1.73 bits per heavy atom. The summed E-state index contributed by atoms with van der Waals surface area (Å²) in [5.74, 6) is 0.107. The lowest BCUT2D eigenvalue weighted by atomic mass is 10.0. The SMILES string of the molecule is CNC1CCN(C(=O)c2cc(-c3ccccc3)nc3ccccc23)CC1. The third-order valence-corrected chi connectivity index (χ3v) is 5.21. The summed E-state index contributed by atoms with van der Waals surface area (Å²) in [6, 6.07) is 20.4. The summed E-state index contributed by atoms with van der Waals surface area (Å²) in [6.07, 6.45) is 1.99. The van der Waals surface area contributed by atoms with Crippen LogP contribution in [-0.2, 0) is 0 Å². The minimum absolute atomic E-state index is 0.107. The maximum absolute atomic E-state index is 13.3. The molecule has 2 heterocycles. The first kappa shape index (κ1) is 16.7. The Kier molecular flexibility index (Phi) is 4.67. The van der Waals surface area contributed by atoms with Crippen LogP contribution < -0.4 is 5.32 Å². The number of para-hydroxylation sites is 1. The van der Waals surface area contributed by atoms with E-state index < -0.39 is 0 Å². The van der Waals surface area contributed by atoms with Crippen LogP contribution in [0.5, 0.6) is 0 Å². The minimum atomic E-state index is 0.107. The van der Waals surface area contributed by atoms with Gasteiger partial charge in [-0.2, -0.15) is 0 Å². The average molecular weight is 345 g/mol. The first-order valence-electron chi connectivity index (χ1n) is 9.18. The topological polar surface area (TPSA) is 45.2 Å². The molecule has 4 nitrogen and oxygen atoms in total. The molecule has 2 aromatic carbocycles. The van der Waals surface area contributed by atoms with Crippen molar-refractivity contribution < 1.29 is 4.79 Å². The summed E-state index contributed by atoms with van der Waals surface area (Å²) < 4.78 is 0. The molecule has 0 aliphatic carbocycles. The number of nitrogens with zero attached hydrogens (tertiary/aromatic N) is 2. The number of fused-ring (bicyclic) bond motifs is 1. The van der Waals surface area contributed by atoms with Gasteiger partial charge in [0.25, 0.3) is 5.91 Å². The highest BCUT2D eigenvalue weighted by Gasteiger charge is 2.24. The number of nitrogens with one attached hydrogen (secondary N) is 1. The third kappa shape index (κ3) is 3.20. The Hall–Kier alpha value is -2.72. The van der Waals surface area contributed by atoms with E-state index in [2.05, 4.69) is 5.32 Å². The molecule has 26 heavy (non-hydrogen) atoms. The van der Waals surface area contributed by atoms with Crippen molar-refractivity contribution in [1.82, 2.24) is 15.2 Å². The van der Waals surface area contributed by atoms with Crippen LogP contribution >= 0.6 is 0 Å². The van der Waals surface area contributed by atoms with Gasteiger partial charge < -0.3 is 10.2 Å². The van der Waals surface area contributed by atoms with Crippen molar-refractivity contribution in [3.05, 3.63) is 66.2 Å². The van der Waals surface area contributed by atoms with Crippen molar-refractivity contribution in [3.8, 4) is 11.3 Å². The van der Waals surface area contributed by atoms with Gasteiger partial charge in [-0.3, -0.25) is 4.79 Å². The van der Waals surface area contributed by atoms with Gasteiger partial charge in [0, 0.05) is 30.1 Å². The van der Waals surface area contributed by atoms with Crippen LogP contribution in [0.3, 0.4) is 0 Å². The number of rotatable bonds is 3. The van der Waals surface area contributed by atoms with Crippen molar-refractivity contribution in [2.24, 2.45) is 0 Å². The fourth-order valence-corrected chi connectivity index (χ4v) is 3.65. The van der Waals surface area contributed by atoms with Gasteiger partial charge in [-0.05, 0) is 32.0 Å². The highest BCUT2D eigenvalue weighted by molar-refractivity contribution is 6.07. The van der Waals surface area contributed by atoms with Crippen LogP contribution in [0.2, 0.25) is 0 Å². The number of pyridine rings is 1. The maximum atomic E-state index is 13.3. The molecule has 0 bridgehead atoms. The number of hydrogen-bond donors (Lipinski definition) is 1. The summed E-state index contributed by atoms with van der Waals surface area (Å²) in [4.78, 5) is 20.0. The van der Waals surface area contributed by atoms with Gasteiger partial charge in [0.1, 0.15) is 0 Å². The second-order valence-corrected chi connectivity index (χ2v) is 6.79. The predicted octanol–water partition coefficient (Wildman–Crippen LogP) is 3.73. The predicted molar refractivity (Wildman–Crippen MR) is 105 cm³/mol. The van der Waals surface area contributed by atoms with E-state index in [9.17, 15) is 4.79 Å². The van der Waals surface area contributed by atoms with Gasteiger partial charge in [0.15, 0.2) is 0 Å². The molecule has 1 fully saturated rings. The van der Waals surface area contributed by atoms with Crippen LogP contribution in [0, 0.1) is 0 Å². The van der Waals surface area contributed by atoms with E-state index in [-0.39, 0.29) is 5.91 Å². The van der Waals surface area contributed by atoms with Crippen molar-refractivity contribution in [2.45, 2.75) is 18.9 Å². The third-order valence-electron chi connectivity index (χ3n) is 5.21. The number of likely N-dealkylation sites (tertiary alicyclic amines) is 1. The molecule has 0 spiro atoms. The number of aromatic nitrogens is 1. The fraction of sp³-hybridized carbons (Fsp3) is 0.273. The summed E-state index contributed by atoms with van der Waals surface area (Å²) in [5.41, 5.74) is 3.48. The normalized spacial score (nSPS) is 15.3. The lowest BCUT2D eigenvalue weighted by Crippen LogP contribution is -2.44. The second kappa shape index (κ2) is 7.26. The van der Waals surface area contributed by atoms with Crippen LogP contribution in [0.4, 0.5) is 0 Å². The molecular formula is C22H23N3O. The molecule has 0 unspecified atom stereocenters. The number of hydrogen-bond acceptors (Lipinski definition) is 3. The van der Waals surface area contributed by atoms with E-state index in [1.807, 2.05) is 72.6 Å². The van der Waals surface area contributed by atoms with E-state index in [0.717, 1.165) is 53.7 Å². The van der Waals surface area contributed by atoms with Crippen molar-refractivity contribution in [3.63, 3.8) is 0 Å². The fourth-order valence-electron chi connectivity index (χ4n) is 3.65. The molecule has 1 aliphatic heterocycles. The quantitative estimate of drug-likeness (QED) is 0.787. The summed E-state index contributed by atoms with van der Waals surface area (Å²) in [6.45, 7) is 1.59. The smallest absolute Gasteiger partial charge is 0.254 e. The van der Waals surface area contributed by atoms with Crippen LogP contribution in [0.1, 0.15) is 23.2 Å². The standard InChI is InChI=1S/C22H23N3O/c1-23-17-11-13-25(14-12-17)22(26)19-15-21(16-7-3-2-4-8-16)24-20-10-6-5-9-18(19)20/h2-10,15,17,23H,11-14H2,1H3. The van der Waals surface area contributed by atoms with Crippen LogP contribution in [-0.4, -0.2) is 42.0 Å². The van der Waals surface area contributed by atoms with E-state index >= 15 is 0 Å². The van der Waals surface area contributed by atoms with E-state index in [4.69, 9.17) is 4.98 Å². The molecule has 0 saturated carbocycles. The molecule has 0 atom stereocenters. The van der Waals surface area contributed by atoms with E-state index in [0.29, 0.717) is 6.04 Å². The largest absolute Gasteiger partial charge is 0.339 e. The molecule has 0 radical (unpaired) electrons. The molecule has 4 heteroatoms. The Morgan fingerprint density at radius 3 is 2.46 bits per heavy atom. The maximum Gasteiger partial charge on any atom is 0.254 e. The van der Waals surface area contributed by atoms with Gasteiger partial charge >= 0.3 is 0 Å². The number of carbonyl (C=O) groups excluding carboxylic acids is 1. The molecule has 1 aliphatic rings. The lowest BCUT2D eigenvalue weighted by Gasteiger charge is -2.32. The van der Waals surface area contributed by atoms with Gasteiger partial charge in [-0.15, -0.1) is 0 Å². The molecule has 132 valence electrons. The van der Waals surface area contributed by atoms with Gasteiger partial charge in [0.2, 0.25) is 0 Å². The lowest BCUT2D eigenvalue weighted by molar-refractivity contribution is 0.0709. The molecule has 1 N–H and O–H groups in total. The number of benzene rings is 2. The molecule has 4 rings (SSSR count). The van der Waals surface area contributed by atoms with Crippen molar-refractivity contribution in [2.75, 3.05) is 20.1 Å². The van der Waals surface area contributed by atoms with E-state index in [1.165, 1.54) is 0 Å². The van der Waals surface area contributed by atoms with Crippen LogP contribution in [0.25, 0.3) is 22.2 Å². The number of carbonyl (C=O) groups is 1. The van der Waals surface area contributed by atoms with Gasteiger partial charge in [0.05, 0.1) is 16.8 Å². The molecule has 3 aromatic rings. The van der Waals surface area contributed by atoms with E-state index in [1.54, 1.807) is 0 Å². The molecule has 1 saturated heterocycles. The zero-order valence-electron chi connectivity index (χ0n) is 15.0. The molecule has 1 aromatic heterocycles. The second-order valence-electron chi connectivity index (χ2n) is 6.79. The monoisotopic (exact) mass is 345 g/mol. The zero-order chi connectivity index (χ0) is 17.9. The Bertz CT molecular complexity index is 915. The average Bonchev–Trinajstić information content (AvgIpc) is 2.73. The summed E-state index contributed by atoms with van der Waals surface area (Å²) in [7, 11) is 1.99. The molecular weight excluding hydrogens is 322 g/mol. The van der Waals surface area contributed by atoms with Gasteiger partial charge in [-0.25, -0.2) is 4.98 Å². The Morgan fingerprint density at radius 1 is 1.04 bits per heavy atom. The highest BCUT2D eigenvalue weighted by atomic mass is 16.2. The summed E-state index contributed by atoms with van der Waals surface area (Å²) >= 11 is 0. The van der Waals surface area contributed by atoms with Crippen molar-refractivity contribution >= 4 is 16.8 Å². The Balaban J connectivity index is 1.75. The molecule has 1 amide bonds. The van der Waals surface area contributed by atoms with Gasteiger partial charge in [-0.1, -0.05) is 48.5 Å². The first-order chi connectivity index (χ1) is 12.8. The highest BCUT2D eigenvalue weighted by Crippen LogP contribution is 2.26. The number of piperidine rings is 1.